The number of aliphatic hydroxyl groups is 1. The summed E-state index contributed by atoms with van der Waals surface area (Å²) in [6, 6.07) is 4.90. The fourth-order valence-electron chi connectivity index (χ4n) is 1.47. The molecule has 1 unspecified atom stereocenters. The summed E-state index contributed by atoms with van der Waals surface area (Å²) in [7, 11) is 2.92. The average molecular weight is 270 g/mol. The Morgan fingerprint density at radius 2 is 2.16 bits per heavy atom. The van der Waals surface area contributed by atoms with Crippen molar-refractivity contribution >= 4 is 5.91 Å². The van der Waals surface area contributed by atoms with Crippen LogP contribution < -0.4 is 20.7 Å². The van der Waals surface area contributed by atoms with Gasteiger partial charge in [0.2, 0.25) is 6.10 Å². The molecule has 0 radical (unpaired) electrons. The molecule has 1 aromatic rings. The van der Waals surface area contributed by atoms with Crippen LogP contribution in [0.4, 0.5) is 0 Å². The topological polar surface area (TPSA) is 103 Å². The summed E-state index contributed by atoms with van der Waals surface area (Å²) in [6.45, 7) is -0.0602. The first kappa shape index (κ1) is 15.2. The van der Waals surface area contributed by atoms with Crippen LogP contribution in [0.25, 0.3) is 0 Å². The van der Waals surface area contributed by atoms with Gasteiger partial charge < -0.3 is 19.3 Å². The normalized spacial score (nSPS) is 11.8. The van der Waals surface area contributed by atoms with Gasteiger partial charge in [-0.15, -0.1) is 0 Å². The van der Waals surface area contributed by atoms with E-state index in [1.54, 1.807) is 18.2 Å². The number of hydrazine groups is 1. The number of nitrogens with two attached hydrogens (primary N) is 1. The number of ether oxygens (including phenoxy) is 3. The summed E-state index contributed by atoms with van der Waals surface area (Å²) in [5.74, 6) is 5.35. The van der Waals surface area contributed by atoms with Crippen molar-refractivity contribution in [3.05, 3.63) is 23.8 Å². The Kier molecular flexibility index (Phi) is 6.07. The van der Waals surface area contributed by atoms with Crippen molar-refractivity contribution in [1.82, 2.24) is 5.43 Å². The molecule has 0 aromatic heterocycles. The molecular formula is C12H18N2O5. The third kappa shape index (κ3) is 4.09. The molecule has 7 nitrogen and oxygen atoms in total. The van der Waals surface area contributed by atoms with E-state index in [0.717, 1.165) is 0 Å². The average Bonchev–Trinajstić information content (AvgIpc) is 2.46. The molecule has 0 aliphatic heterocycles. The Morgan fingerprint density at radius 1 is 1.42 bits per heavy atom. The molecule has 4 N–H and O–H groups in total. The Labute approximate surface area is 111 Å². The maximum Gasteiger partial charge on any atom is 0.277 e. The first-order valence-corrected chi connectivity index (χ1v) is 5.60. The maximum absolute atomic E-state index is 11.5. The second-order valence-corrected chi connectivity index (χ2v) is 3.71. The zero-order valence-electron chi connectivity index (χ0n) is 10.9. The van der Waals surface area contributed by atoms with Crippen molar-refractivity contribution < 1.29 is 24.1 Å². The molecule has 0 heterocycles. The summed E-state index contributed by atoms with van der Waals surface area (Å²) in [4.78, 5) is 11.5. The van der Waals surface area contributed by atoms with Crippen molar-refractivity contribution in [2.45, 2.75) is 12.7 Å². The molecular weight excluding hydrogens is 252 g/mol. The minimum atomic E-state index is -0.885. The SMILES string of the molecule is COCC(Oc1ccc(CO)cc1OC)C(=O)NN. The van der Waals surface area contributed by atoms with E-state index in [1.807, 2.05) is 5.43 Å². The van der Waals surface area contributed by atoms with Crippen LogP contribution >= 0.6 is 0 Å². The number of aliphatic hydroxyl groups excluding tert-OH is 1. The quantitative estimate of drug-likeness (QED) is 0.353. The van der Waals surface area contributed by atoms with Crippen LogP contribution in [0.1, 0.15) is 5.56 Å². The van der Waals surface area contributed by atoms with Crippen LogP contribution in [-0.4, -0.2) is 37.9 Å². The highest BCUT2D eigenvalue weighted by Crippen LogP contribution is 2.29. The van der Waals surface area contributed by atoms with Crippen LogP contribution in [-0.2, 0) is 16.1 Å². The third-order valence-corrected chi connectivity index (χ3v) is 2.43. The van der Waals surface area contributed by atoms with Gasteiger partial charge in [-0.05, 0) is 17.7 Å². The van der Waals surface area contributed by atoms with E-state index in [0.29, 0.717) is 17.1 Å². The highest BCUT2D eigenvalue weighted by Gasteiger charge is 2.21. The molecule has 0 fully saturated rings. The highest BCUT2D eigenvalue weighted by molar-refractivity contribution is 5.80. The molecule has 106 valence electrons. The molecule has 0 bridgehead atoms. The zero-order chi connectivity index (χ0) is 14.3. The Balaban J connectivity index is 2.92. The lowest BCUT2D eigenvalue weighted by Gasteiger charge is -2.18. The fourth-order valence-corrected chi connectivity index (χ4v) is 1.47. The first-order chi connectivity index (χ1) is 9.15. The van der Waals surface area contributed by atoms with Crippen molar-refractivity contribution in [3.8, 4) is 11.5 Å². The second kappa shape index (κ2) is 7.57. The van der Waals surface area contributed by atoms with Gasteiger partial charge in [-0.1, -0.05) is 6.07 Å². The summed E-state index contributed by atoms with van der Waals surface area (Å²) in [5.41, 5.74) is 2.68. The van der Waals surface area contributed by atoms with Crippen molar-refractivity contribution in [3.63, 3.8) is 0 Å². The van der Waals surface area contributed by atoms with E-state index in [-0.39, 0.29) is 13.2 Å². The molecule has 0 aliphatic carbocycles. The molecule has 1 aromatic carbocycles. The number of hydrogen-bond donors (Lipinski definition) is 3. The summed E-state index contributed by atoms with van der Waals surface area (Å²) in [5, 5.41) is 9.04. The van der Waals surface area contributed by atoms with Crippen LogP contribution in [0.15, 0.2) is 18.2 Å². The Morgan fingerprint density at radius 3 is 2.68 bits per heavy atom. The fraction of sp³-hybridized carbons (Fsp3) is 0.417. The molecule has 0 aliphatic rings. The van der Waals surface area contributed by atoms with Gasteiger partial charge in [0, 0.05) is 7.11 Å². The monoisotopic (exact) mass is 270 g/mol. The molecule has 1 rings (SSSR count). The standard InChI is InChI=1S/C12H18N2O5/c1-17-7-11(12(16)14-13)19-9-4-3-8(6-15)5-10(9)18-2/h3-5,11,15H,6-7,13H2,1-2H3,(H,14,16). The minimum absolute atomic E-state index is 0.0495. The van der Waals surface area contributed by atoms with Crippen LogP contribution in [0, 0.1) is 0 Å². The Bertz CT molecular complexity index is 425. The van der Waals surface area contributed by atoms with Gasteiger partial charge in [-0.2, -0.15) is 0 Å². The van der Waals surface area contributed by atoms with E-state index in [2.05, 4.69) is 0 Å². The number of benzene rings is 1. The van der Waals surface area contributed by atoms with Gasteiger partial charge in [-0.25, -0.2) is 5.84 Å². The number of amides is 1. The van der Waals surface area contributed by atoms with Crippen LogP contribution in [0.5, 0.6) is 11.5 Å². The van der Waals surface area contributed by atoms with Crippen molar-refractivity contribution in [2.75, 3.05) is 20.8 Å². The predicted octanol–water partition coefficient (Wildman–Crippen LogP) is -0.429. The van der Waals surface area contributed by atoms with Crippen LogP contribution in [0.2, 0.25) is 0 Å². The van der Waals surface area contributed by atoms with E-state index < -0.39 is 12.0 Å². The largest absolute Gasteiger partial charge is 0.493 e. The van der Waals surface area contributed by atoms with E-state index in [9.17, 15) is 4.79 Å². The lowest BCUT2D eigenvalue weighted by atomic mass is 10.2. The number of carbonyl (C=O) groups excluding carboxylic acids is 1. The lowest BCUT2D eigenvalue weighted by molar-refractivity contribution is -0.130. The molecule has 7 heteroatoms. The number of hydrogen-bond acceptors (Lipinski definition) is 6. The first-order valence-electron chi connectivity index (χ1n) is 5.60. The molecule has 0 saturated carbocycles. The molecule has 1 amide bonds. The zero-order valence-corrected chi connectivity index (χ0v) is 10.9. The van der Waals surface area contributed by atoms with Gasteiger partial charge in [0.05, 0.1) is 20.3 Å². The van der Waals surface area contributed by atoms with Gasteiger partial charge in [-0.3, -0.25) is 10.2 Å². The smallest absolute Gasteiger partial charge is 0.277 e. The predicted molar refractivity (Wildman–Crippen MR) is 67.5 cm³/mol. The van der Waals surface area contributed by atoms with E-state index in [4.69, 9.17) is 25.2 Å². The van der Waals surface area contributed by atoms with Gasteiger partial charge >= 0.3 is 0 Å². The summed E-state index contributed by atoms with van der Waals surface area (Å²) in [6.07, 6.45) is -0.885. The van der Waals surface area contributed by atoms with Crippen molar-refractivity contribution in [2.24, 2.45) is 5.84 Å². The number of methoxy groups -OCH3 is 2. The van der Waals surface area contributed by atoms with Crippen LogP contribution in [0.3, 0.4) is 0 Å². The summed E-state index contributed by atoms with van der Waals surface area (Å²) < 4.78 is 15.5. The molecule has 19 heavy (non-hydrogen) atoms. The highest BCUT2D eigenvalue weighted by atomic mass is 16.5. The maximum atomic E-state index is 11.5. The van der Waals surface area contributed by atoms with Gasteiger partial charge in [0.25, 0.3) is 5.91 Å². The number of carbonyl (C=O) groups is 1. The minimum Gasteiger partial charge on any atom is -0.493 e. The van der Waals surface area contributed by atoms with E-state index >= 15 is 0 Å². The molecule has 0 saturated heterocycles. The van der Waals surface area contributed by atoms with Gasteiger partial charge in [0.15, 0.2) is 11.5 Å². The van der Waals surface area contributed by atoms with Gasteiger partial charge in [0.1, 0.15) is 0 Å². The number of nitrogens with one attached hydrogen (secondary N) is 1. The molecule has 1 atom stereocenters. The third-order valence-electron chi connectivity index (χ3n) is 2.43. The van der Waals surface area contributed by atoms with E-state index in [1.165, 1.54) is 14.2 Å². The lowest BCUT2D eigenvalue weighted by Crippen LogP contribution is -2.44. The second-order valence-electron chi connectivity index (χ2n) is 3.71. The Hall–Kier alpha value is -1.83. The molecule has 0 spiro atoms. The van der Waals surface area contributed by atoms with Crippen molar-refractivity contribution in [1.29, 1.82) is 0 Å². The summed E-state index contributed by atoms with van der Waals surface area (Å²) >= 11 is 0. The number of rotatable bonds is 7.